The van der Waals surface area contributed by atoms with Gasteiger partial charge in [0.1, 0.15) is 5.60 Å². The molecule has 3 nitrogen and oxygen atoms in total. The molecule has 0 bridgehead atoms. The van der Waals surface area contributed by atoms with Gasteiger partial charge in [0.2, 0.25) is 0 Å². The average Bonchev–Trinajstić information content (AvgIpc) is 3.35. The highest BCUT2D eigenvalue weighted by Gasteiger charge is 2.56. The lowest BCUT2D eigenvalue weighted by Gasteiger charge is -2.43. The van der Waals surface area contributed by atoms with Gasteiger partial charge in [-0.2, -0.15) is 0 Å². The van der Waals surface area contributed by atoms with Gasteiger partial charge >= 0.3 is 0 Å². The molecule has 0 aromatic rings. The van der Waals surface area contributed by atoms with Crippen molar-refractivity contribution in [1.82, 2.24) is 0 Å². The van der Waals surface area contributed by atoms with E-state index in [4.69, 9.17) is 0 Å². The zero-order chi connectivity index (χ0) is 22.4. The van der Waals surface area contributed by atoms with Gasteiger partial charge in [-0.3, -0.25) is 0 Å². The number of hydrogen-bond acceptors (Lipinski definition) is 3. The van der Waals surface area contributed by atoms with Crippen molar-refractivity contribution < 1.29 is 15.3 Å². The zero-order valence-electron chi connectivity index (χ0n) is 19.4. The van der Waals surface area contributed by atoms with Crippen LogP contribution >= 0.6 is 0 Å². The number of hydrogen-bond donors (Lipinski definition) is 3. The Hall–Kier alpha value is -1.60. The molecule has 0 aliphatic heterocycles. The maximum atomic E-state index is 10.1. The maximum absolute atomic E-state index is 10.1. The highest BCUT2D eigenvalue weighted by atomic mass is 16.3. The Bertz CT molecular complexity index is 897. The molecule has 31 heavy (non-hydrogen) atoms. The molecule has 4 aliphatic rings. The fourth-order valence-corrected chi connectivity index (χ4v) is 6.23. The number of fused-ring (bicyclic) bond motifs is 1. The van der Waals surface area contributed by atoms with Crippen LogP contribution in [0.15, 0.2) is 47.1 Å². The van der Waals surface area contributed by atoms with Crippen LogP contribution in [0.2, 0.25) is 0 Å². The van der Waals surface area contributed by atoms with Gasteiger partial charge in [0.15, 0.2) is 0 Å². The van der Waals surface area contributed by atoms with Crippen molar-refractivity contribution in [3.8, 4) is 11.8 Å². The van der Waals surface area contributed by atoms with Crippen molar-refractivity contribution in [2.75, 3.05) is 0 Å². The Morgan fingerprint density at radius 2 is 1.97 bits per heavy atom. The third-order valence-corrected chi connectivity index (χ3v) is 8.06. The smallest absolute Gasteiger partial charge is 0.119 e. The molecule has 3 fully saturated rings. The summed E-state index contributed by atoms with van der Waals surface area (Å²) >= 11 is 0. The Morgan fingerprint density at radius 3 is 2.65 bits per heavy atom. The topological polar surface area (TPSA) is 60.7 Å². The van der Waals surface area contributed by atoms with Crippen molar-refractivity contribution in [3.05, 3.63) is 47.1 Å². The van der Waals surface area contributed by atoms with Gasteiger partial charge in [-0.05, 0) is 81.3 Å². The van der Waals surface area contributed by atoms with Crippen LogP contribution in [0, 0.1) is 28.6 Å². The molecular weight excluding hydrogens is 384 g/mol. The van der Waals surface area contributed by atoms with E-state index in [9.17, 15) is 15.3 Å². The first-order chi connectivity index (χ1) is 14.5. The summed E-state index contributed by atoms with van der Waals surface area (Å²) in [5.74, 6) is 6.83. The third-order valence-electron chi connectivity index (χ3n) is 8.06. The van der Waals surface area contributed by atoms with E-state index in [0.29, 0.717) is 18.8 Å². The lowest BCUT2D eigenvalue weighted by atomic mass is 9.61. The van der Waals surface area contributed by atoms with E-state index < -0.39 is 17.8 Å². The summed E-state index contributed by atoms with van der Waals surface area (Å²) < 4.78 is 0. The van der Waals surface area contributed by atoms with Crippen molar-refractivity contribution in [2.24, 2.45) is 16.7 Å². The summed E-state index contributed by atoms with van der Waals surface area (Å²) in [6.45, 7) is 10.0. The lowest BCUT2D eigenvalue weighted by Crippen LogP contribution is -2.33. The van der Waals surface area contributed by atoms with Gasteiger partial charge in [-0.25, -0.2) is 0 Å². The molecule has 4 aliphatic carbocycles. The van der Waals surface area contributed by atoms with Gasteiger partial charge in [-0.1, -0.05) is 54.7 Å². The standard InChI is InChI=1S/C28H38O3/c1-19-21(17-22(29)18-24(19)30)9-8-20-7-5-13-27(4)23(20)10-11-25(27)28(15-16-28)14-6-12-26(2,3)31/h8-9,11,22-24,29-31H,1,5,7,10,13-18H2,2-4H3/t22?,23?,24-,27-/m0/s1. The average molecular weight is 423 g/mol. The van der Waals surface area contributed by atoms with Crippen molar-refractivity contribution >= 4 is 0 Å². The molecule has 2 unspecified atom stereocenters. The van der Waals surface area contributed by atoms with E-state index in [1.807, 2.05) is 0 Å². The Labute approximate surface area is 187 Å². The number of allylic oxidation sites excluding steroid dienone is 5. The molecule has 4 atom stereocenters. The molecule has 0 heterocycles. The number of aliphatic hydroxyl groups is 3. The van der Waals surface area contributed by atoms with Crippen molar-refractivity contribution in [3.63, 3.8) is 0 Å². The molecule has 0 spiro atoms. The van der Waals surface area contributed by atoms with E-state index >= 15 is 0 Å². The fraction of sp³-hybridized carbons (Fsp3) is 0.643. The number of rotatable bonds is 3. The second-order valence-electron chi connectivity index (χ2n) is 11.1. The van der Waals surface area contributed by atoms with Crippen molar-refractivity contribution in [2.45, 2.75) is 96.4 Å². The Balaban J connectivity index is 1.54. The molecule has 0 amide bonds. The van der Waals surface area contributed by atoms with Gasteiger partial charge in [0.25, 0.3) is 0 Å². The molecule has 0 aromatic heterocycles. The largest absolute Gasteiger partial charge is 0.393 e. The van der Waals surface area contributed by atoms with E-state index in [1.165, 1.54) is 31.3 Å². The second-order valence-corrected chi connectivity index (χ2v) is 11.1. The summed E-state index contributed by atoms with van der Waals surface area (Å²) in [5, 5.41) is 30.1. The molecule has 3 saturated carbocycles. The van der Waals surface area contributed by atoms with Gasteiger partial charge < -0.3 is 15.3 Å². The Kier molecular flexibility index (Phi) is 5.88. The molecular formula is C28H38O3. The number of aliphatic hydroxyl groups excluding tert-OH is 2. The fourth-order valence-electron chi connectivity index (χ4n) is 6.23. The monoisotopic (exact) mass is 422 g/mol. The Morgan fingerprint density at radius 1 is 1.23 bits per heavy atom. The highest BCUT2D eigenvalue weighted by molar-refractivity contribution is 5.42. The summed E-state index contributed by atoms with van der Waals surface area (Å²) in [7, 11) is 0. The van der Waals surface area contributed by atoms with E-state index in [0.717, 1.165) is 30.4 Å². The summed E-state index contributed by atoms with van der Waals surface area (Å²) in [5.41, 5.74) is 4.33. The quantitative estimate of drug-likeness (QED) is 0.443. The first kappa shape index (κ1) is 22.6. The van der Waals surface area contributed by atoms with Crippen LogP contribution in [0.25, 0.3) is 0 Å². The summed E-state index contributed by atoms with van der Waals surface area (Å²) in [6, 6.07) is 0. The van der Waals surface area contributed by atoms with Crippen LogP contribution in [0.4, 0.5) is 0 Å². The van der Waals surface area contributed by atoms with E-state index in [-0.39, 0.29) is 10.8 Å². The molecule has 168 valence electrons. The summed E-state index contributed by atoms with van der Waals surface area (Å²) in [4.78, 5) is 0. The van der Waals surface area contributed by atoms with Crippen LogP contribution in [-0.4, -0.2) is 33.1 Å². The molecule has 4 rings (SSSR count). The molecule has 0 aromatic carbocycles. The minimum atomic E-state index is -0.925. The SMILES string of the molecule is C=C1C(=CC=C2CCC[C@]3(C)C(C4(CC#CC(C)(C)O)CC4)=CCC23)CC(O)C[C@@H]1O. The van der Waals surface area contributed by atoms with Crippen LogP contribution in [0.3, 0.4) is 0 Å². The third kappa shape index (κ3) is 4.49. The highest BCUT2D eigenvalue weighted by Crippen LogP contribution is 2.67. The lowest BCUT2D eigenvalue weighted by molar-refractivity contribution is 0.0862. The van der Waals surface area contributed by atoms with Crippen LogP contribution in [0.1, 0.15) is 78.6 Å². The van der Waals surface area contributed by atoms with Gasteiger partial charge in [-0.15, -0.1) is 0 Å². The minimum absolute atomic E-state index is 0.193. The van der Waals surface area contributed by atoms with Crippen LogP contribution in [0.5, 0.6) is 0 Å². The van der Waals surface area contributed by atoms with Crippen molar-refractivity contribution in [1.29, 1.82) is 0 Å². The van der Waals surface area contributed by atoms with Crippen LogP contribution < -0.4 is 0 Å². The molecule has 3 heteroatoms. The maximum Gasteiger partial charge on any atom is 0.119 e. The predicted molar refractivity (Wildman–Crippen MR) is 125 cm³/mol. The molecule has 0 saturated heterocycles. The van der Waals surface area contributed by atoms with Gasteiger partial charge in [0.05, 0.1) is 12.2 Å². The normalized spacial score (nSPS) is 37.3. The zero-order valence-corrected chi connectivity index (χ0v) is 19.4. The summed E-state index contributed by atoms with van der Waals surface area (Å²) in [6.07, 6.45) is 14.6. The first-order valence-corrected chi connectivity index (χ1v) is 11.9. The first-order valence-electron chi connectivity index (χ1n) is 11.9. The second kappa shape index (κ2) is 8.07. The predicted octanol–water partition coefficient (Wildman–Crippen LogP) is 4.99. The van der Waals surface area contributed by atoms with Crippen LogP contribution in [-0.2, 0) is 0 Å². The molecule has 0 radical (unpaired) electrons. The molecule has 3 N–H and O–H groups in total. The van der Waals surface area contributed by atoms with E-state index in [2.05, 4.69) is 43.6 Å². The van der Waals surface area contributed by atoms with E-state index in [1.54, 1.807) is 19.4 Å². The van der Waals surface area contributed by atoms with Gasteiger partial charge in [0, 0.05) is 18.3 Å². The minimum Gasteiger partial charge on any atom is -0.393 e.